The summed E-state index contributed by atoms with van der Waals surface area (Å²) in [5, 5.41) is 12.1. The van der Waals surface area contributed by atoms with Gasteiger partial charge in [0.2, 0.25) is 0 Å². The molecular weight excluding hydrogens is 358 g/mol. The van der Waals surface area contributed by atoms with Crippen LogP contribution < -0.4 is 5.32 Å². The van der Waals surface area contributed by atoms with Crippen molar-refractivity contribution >= 4 is 23.7 Å². The van der Waals surface area contributed by atoms with Gasteiger partial charge in [-0.15, -0.1) is 28.8 Å². The largest absolute Gasteiger partial charge is 0.326 e. The molecule has 0 spiro atoms. The van der Waals surface area contributed by atoms with Gasteiger partial charge in [-0.1, -0.05) is 5.21 Å². The number of hydrogen-bond acceptors (Lipinski definition) is 6. The molecule has 0 aliphatic carbocycles. The highest BCUT2D eigenvalue weighted by Crippen LogP contribution is 2.24. The first-order valence-corrected chi connectivity index (χ1v) is 9.22. The molecule has 1 N–H and O–H groups in total. The number of thiazole rings is 1. The molecule has 3 aromatic rings. The van der Waals surface area contributed by atoms with Crippen molar-refractivity contribution in [1.29, 1.82) is 0 Å². The summed E-state index contributed by atoms with van der Waals surface area (Å²) < 4.78 is 4.18. The van der Waals surface area contributed by atoms with Crippen LogP contribution in [0.25, 0.3) is 11.5 Å². The average molecular weight is 380 g/mol. The molecule has 4 heterocycles. The molecule has 1 unspecified atom stereocenters. The number of nitrogens with zero attached hydrogens (tertiary/aromatic N) is 6. The summed E-state index contributed by atoms with van der Waals surface area (Å²) in [6.45, 7) is 4.28. The molecule has 0 radical (unpaired) electrons. The van der Waals surface area contributed by atoms with E-state index >= 15 is 0 Å². The Morgan fingerprint density at radius 2 is 2.20 bits per heavy atom. The first-order valence-electron chi connectivity index (χ1n) is 8.34. The normalized spacial score (nSPS) is 16.5. The molecule has 25 heavy (non-hydrogen) atoms. The van der Waals surface area contributed by atoms with Gasteiger partial charge in [-0.3, -0.25) is 4.98 Å². The van der Waals surface area contributed by atoms with Crippen LogP contribution in [0.3, 0.4) is 0 Å². The van der Waals surface area contributed by atoms with Gasteiger partial charge in [0.15, 0.2) is 5.82 Å². The Bertz CT molecular complexity index is 776. The molecule has 4 rings (SSSR count). The highest BCUT2D eigenvalue weighted by atomic mass is 35.5. The predicted octanol–water partition coefficient (Wildman–Crippen LogP) is 2.75. The number of piperidine rings is 1. The topological polar surface area (TPSA) is 73.5 Å². The summed E-state index contributed by atoms with van der Waals surface area (Å²) in [5.74, 6) is 0.882. The third-order valence-electron chi connectivity index (χ3n) is 4.55. The fraction of sp³-hybridized carbons (Fsp3) is 0.500. The van der Waals surface area contributed by atoms with Crippen LogP contribution >= 0.6 is 23.7 Å². The molecule has 1 fully saturated rings. The maximum atomic E-state index is 4.52. The fourth-order valence-electron chi connectivity index (χ4n) is 3.23. The smallest absolute Gasteiger partial charge is 0.162 e. The molecule has 9 heteroatoms. The summed E-state index contributed by atoms with van der Waals surface area (Å²) in [7, 11) is 0. The van der Waals surface area contributed by atoms with Crippen molar-refractivity contribution in [3.05, 3.63) is 35.2 Å². The van der Waals surface area contributed by atoms with Crippen molar-refractivity contribution < 1.29 is 0 Å². The van der Waals surface area contributed by atoms with Gasteiger partial charge in [0.25, 0.3) is 0 Å². The lowest BCUT2D eigenvalue weighted by Crippen LogP contribution is -2.29. The van der Waals surface area contributed by atoms with Crippen molar-refractivity contribution in [1.82, 2.24) is 34.8 Å². The molecule has 3 aromatic heterocycles. The SMILES string of the molecule is CC(Cc1cncs1)n1ccnc1-c1cn(C2CCNCC2)nn1.Cl. The molecule has 1 atom stereocenters. The lowest BCUT2D eigenvalue weighted by atomic mass is 10.1. The van der Waals surface area contributed by atoms with Crippen LogP contribution in [0, 0.1) is 0 Å². The van der Waals surface area contributed by atoms with Gasteiger partial charge in [0.1, 0.15) is 5.69 Å². The molecule has 0 amide bonds. The van der Waals surface area contributed by atoms with Crippen molar-refractivity contribution in [2.24, 2.45) is 0 Å². The zero-order valence-corrected chi connectivity index (χ0v) is 15.7. The second-order valence-electron chi connectivity index (χ2n) is 6.24. The Hall–Kier alpha value is -1.77. The van der Waals surface area contributed by atoms with E-state index in [9.17, 15) is 0 Å². The van der Waals surface area contributed by atoms with E-state index in [-0.39, 0.29) is 12.4 Å². The number of hydrogen-bond donors (Lipinski definition) is 1. The molecular formula is C16H22ClN7S. The second-order valence-corrected chi connectivity index (χ2v) is 7.21. The zero-order chi connectivity index (χ0) is 16.4. The van der Waals surface area contributed by atoms with E-state index < -0.39 is 0 Å². The Balaban J connectivity index is 0.00000182. The minimum atomic E-state index is 0. The van der Waals surface area contributed by atoms with E-state index in [2.05, 4.69) is 37.1 Å². The standard InChI is InChI=1S/C16H21N7S.ClH/c1-12(8-14-9-18-11-24-14)22-7-6-19-16(22)15-10-23(21-20-15)13-2-4-17-5-3-13;/h6-7,9-13,17H,2-5,8H2,1H3;1H. The van der Waals surface area contributed by atoms with Crippen LogP contribution in [0.5, 0.6) is 0 Å². The van der Waals surface area contributed by atoms with Gasteiger partial charge in [-0.25, -0.2) is 9.67 Å². The number of rotatable bonds is 5. The summed E-state index contributed by atoms with van der Waals surface area (Å²) >= 11 is 1.69. The van der Waals surface area contributed by atoms with Gasteiger partial charge < -0.3 is 9.88 Å². The Morgan fingerprint density at radius 1 is 1.36 bits per heavy atom. The quantitative estimate of drug-likeness (QED) is 0.737. The lowest BCUT2D eigenvalue weighted by Gasteiger charge is -2.22. The summed E-state index contributed by atoms with van der Waals surface area (Å²) in [5.41, 5.74) is 2.72. The van der Waals surface area contributed by atoms with Crippen LogP contribution in [0.2, 0.25) is 0 Å². The van der Waals surface area contributed by atoms with Crippen LogP contribution in [0.1, 0.15) is 36.7 Å². The predicted molar refractivity (Wildman–Crippen MR) is 100 cm³/mol. The first kappa shape index (κ1) is 18.0. The van der Waals surface area contributed by atoms with E-state index in [1.807, 2.05) is 35.0 Å². The fourth-order valence-corrected chi connectivity index (χ4v) is 3.94. The van der Waals surface area contributed by atoms with Gasteiger partial charge in [-0.05, 0) is 32.9 Å². The van der Waals surface area contributed by atoms with Crippen LogP contribution in [0.15, 0.2) is 30.3 Å². The van der Waals surface area contributed by atoms with E-state index in [1.165, 1.54) is 4.88 Å². The highest BCUT2D eigenvalue weighted by molar-refractivity contribution is 7.09. The van der Waals surface area contributed by atoms with Gasteiger partial charge in [0.05, 0.1) is 17.7 Å². The molecule has 0 bridgehead atoms. The van der Waals surface area contributed by atoms with Gasteiger partial charge >= 0.3 is 0 Å². The zero-order valence-electron chi connectivity index (χ0n) is 14.1. The van der Waals surface area contributed by atoms with Gasteiger partial charge in [0, 0.05) is 35.9 Å². The average Bonchev–Trinajstić information content (AvgIpc) is 3.36. The minimum Gasteiger partial charge on any atom is -0.326 e. The molecule has 1 saturated heterocycles. The first-order chi connectivity index (χ1) is 11.8. The van der Waals surface area contributed by atoms with Crippen molar-refractivity contribution in [3.63, 3.8) is 0 Å². The molecule has 1 aliphatic rings. The minimum absolute atomic E-state index is 0. The van der Waals surface area contributed by atoms with E-state index in [1.54, 1.807) is 11.3 Å². The Kier molecular flexibility index (Phi) is 5.82. The van der Waals surface area contributed by atoms with Crippen molar-refractivity contribution in [3.8, 4) is 11.5 Å². The highest BCUT2D eigenvalue weighted by Gasteiger charge is 2.19. The summed E-state index contributed by atoms with van der Waals surface area (Å²) in [6, 6.07) is 0.734. The molecule has 7 nitrogen and oxygen atoms in total. The van der Waals surface area contributed by atoms with E-state index in [0.29, 0.717) is 12.1 Å². The maximum Gasteiger partial charge on any atom is 0.162 e. The third kappa shape index (κ3) is 3.91. The number of nitrogens with one attached hydrogen (secondary N) is 1. The van der Waals surface area contributed by atoms with Gasteiger partial charge in [-0.2, -0.15) is 0 Å². The van der Waals surface area contributed by atoms with E-state index in [0.717, 1.165) is 43.9 Å². The number of imidazole rings is 1. The van der Waals surface area contributed by atoms with Crippen LogP contribution in [0.4, 0.5) is 0 Å². The van der Waals surface area contributed by atoms with Crippen molar-refractivity contribution in [2.75, 3.05) is 13.1 Å². The van der Waals surface area contributed by atoms with E-state index in [4.69, 9.17) is 0 Å². The van der Waals surface area contributed by atoms with Crippen LogP contribution in [-0.2, 0) is 6.42 Å². The molecule has 0 saturated carbocycles. The van der Waals surface area contributed by atoms with Crippen LogP contribution in [-0.4, -0.2) is 42.6 Å². The third-order valence-corrected chi connectivity index (χ3v) is 5.35. The number of halogens is 1. The monoisotopic (exact) mass is 379 g/mol. The lowest BCUT2D eigenvalue weighted by molar-refractivity contribution is 0.337. The summed E-state index contributed by atoms with van der Waals surface area (Å²) in [4.78, 5) is 9.95. The molecule has 134 valence electrons. The number of aromatic nitrogens is 6. The second kappa shape index (κ2) is 8.07. The van der Waals surface area contributed by atoms with Crippen molar-refractivity contribution in [2.45, 2.75) is 38.3 Å². The summed E-state index contributed by atoms with van der Waals surface area (Å²) in [6.07, 6.45) is 11.0. The molecule has 0 aromatic carbocycles. The molecule has 1 aliphatic heterocycles. The Labute approximate surface area is 156 Å². The Morgan fingerprint density at radius 3 is 2.96 bits per heavy atom. The maximum absolute atomic E-state index is 4.52.